The molecule has 4 aromatic rings. The SMILES string of the molecule is CNC1CCN(c2ccc(-c3nc4c(C)nn(-c5ccccc5)c4c(=O)[nH]3)c(OC)c2)CC1. The molecule has 1 aliphatic rings. The molecule has 2 aromatic heterocycles. The van der Waals surface area contributed by atoms with E-state index in [1.165, 1.54) is 0 Å². The number of anilines is 1. The van der Waals surface area contributed by atoms with E-state index in [4.69, 9.17) is 9.72 Å². The Bertz CT molecular complexity index is 1340. The van der Waals surface area contributed by atoms with Crippen molar-refractivity contribution in [2.45, 2.75) is 25.8 Å². The van der Waals surface area contributed by atoms with Crippen LogP contribution in [-0.4, -0.2) is 53.0 Å². The van der Waals surface area contributed by atoms with E-state index in [9.17, 15) is 4.79 Å². The number of ether oxygens (including phenoxy) is 1. The second kappa shape index (κ2) is 8.71. The van der Waals surface area contributed by atoms with Crippen LogP contribution in [0.15, 0.2) is 53.3 Å². The summed E-state index contributed by atoms with van der Waals surface area (Å²) in [5.41, 5.74) is 4.16. The van der Waals surface area contributed by atoms with Crippen LogP contribution in [0.25, 0.3) is 28.1 Å². The molecule has 0 unspecified atom stereocenters. The third kappa shape index (κ3) is 3.87. The standard InChI is InChI=1S/C25H28N6O2/c1-16-22-23(31(29-16)18-7-5-4-6-8-18)25(32)28-24(27-22)20-10-9-19(15-21(20)33-3)30-13-11-17(26-2)12-14-30/h4-10,15,17,26H,11-14H2,1-3H3,(H,27,28,32). The quantitative estimate of drug-likeness (QED) is 0.491. The zero-order valence-electron chi connectivity index (χ0n) is 19.1. The summed E-state index contributed by atoms with van der Waals surface area (Å²) in [4.78, 5) is 23.2. The van der Waals surface area contributed by atoms with Crippen LogP contribution in [0.3, 0.4) is 0 Å². The number of para-hydroxylation sites is 1. The molecule has 0 spiro atoms. The normalized spacial score (nSPS) is 14.7. The molecule has 0 amide bonds. The minimum Gasteiger partial charge on any atom is -0.496 e. The van der Waals surface area contributed by atoms with Crippen LogP contribution in [0, 0.1) is 6.92 Å². The van der Waals surface area contributed by atoms with E-state index in [0.29, 0.717) is 34.3 Å². The zero-order chi connectivity index (χ0) is 22.9. The third-order valence-corrected chi connectivity index (χ3v) is 6.41. The predicted octanol–water partition coefficient (Wildman–Crippen LogP) is 3.28. The van der Waals surface area contributed by atoms with Gasteiger partial charge in [-0.3, -0.25) is 4.79 Å². The number of benzene rings is 2. The van der Waals surface area contributed by atoms with Gasteiger partial charge < -0.3 is 19.9 Å². The zero-order valence-corrected chi connectivity index (χ0v) is 19.1. The molecule has 1 aliphatic heterocycles. The van der Waals surface area contributed by atoms with Gasteiger partial charge in [-0.25, -0.2) is 9.67 Å². The molecule has 8 heteroatoms. The van der Waals surface area contributed by atoms with Crippen LogP contribution in [0.4, 0.5) is 5.69 Å². The Kier molecular flexibility index (Phi) is 5.60. The molecule has 0 bridgehead atoms. The largest absolute Gasteiger partial charge is 0.496 e. The smallest absolute Gasteiger partial charge is 0.277 e. The Balaban J connectivity index is 1.54. The number of aryl methyl sites for hydroxylation is 1. The summed E-state index contributed by atoms with van der Waals surface area (Å²) >= 11 is 0. The van der Waals surface area contributed by atoms with Crippen molar-refractivity contribution < 1.29 is 4.74 Å². The summed E-state index contributed by atoms with van der Waals surface area (Å²) in [5, 5.41) is 7.94. The first kappa shape index (κ1) is 21.2. The lowest BCUT2D eigenvalue weighted by atomic mass is 10.0. The van der Waals surface area contributed by atoms with Gasteiger partial charge in [-0.1, -0.05) is 18.2 Å². The van der Waals surface area contributed by atoms with E-state index in [1.54, 1.807) is 11.8 Å². The molecule has 170 valence electrons. The summed E-state index contributed by atoms with van der Waals surface area (Å²) in [7, 11) is 3.67. The summed E-state index contributed by atoms with van der Waals surface area (Å²) in [5.74, 6) is 1.15. The number of piperidine rings is 1. The first-order valence-electron chi connectivity index (χ1n) is 11.2. The van der Waals surface area contributed by atoms with Gasteiger partial charge in [0.25, 0.3) is 5.56 Å². The predicted molar refractivity (Wildman–Crippen MR) is 131 cm³/mol. The number of aromatic amines is 1. The number of nitrogens with one attached hydrogen (secondary N) is 2. The van der Waals surface area contributed by atoms with Gasteiger partial charge in [0.1, 0.15) is 17.1 Å². The number of fused-ring (bicyclic) bond motifs is 1. The van der Waals surface area contributed by atoms with E-state index in [1.807, 2.05) is 56.4 Å². The molecule has 1 fully saturated rings. The Hall–Kier alpha value is -3.65. The molecule has 33 heavy (non-hydrogen) atoms. The Labute approximate surface area is 192 Å². The average Bonchev–Trinajstić information content (AvgIpc) is 3.21. The van der Waals surface area contributed by atoms with Gasteiger partial charge in [0.2, 0.25) is 0 Å². The highest BCUT2D eigenvalue weighted by molar-refractivity contribution is 5.81. The Morgan fingerprint density at radius 3 is 2.55 bits per heavy atom. The van der Waals surface area contributed by atoms with Crippen molar-refractivity contribution in [1.29, 1.82) is 0 Å². The first-order chi connectivity index (χ1) is 16.1. The summed E-state index contributed by atoms with van der Waals surface area (Å²) in [6, 6.07) is 16.2. The highest BCUT2D eigenvalue weighted by Crippen LogP contribution is 2.33. The number of methoxy groups -OCH3 is 1. The number of hydrogen-bond donors (Lipinski definition) is 2. The summed E-state index contributed by atoms with van der Waals surface area (Å²) in [6.07, 6.45) is 2.22. The van der Waals surface area contributed by atoms with Crippen molar-refractivity contribution in [1.82, 2.24) is 25.1 Å². The minimum atomic E-state index is -0.236. The molecule has 0 radical (unpaired) electrons. The van der Waals surface area contributed by atoms with Crippen LogP contribution in [0.5, 0.6) is 5.75 Å². The molecule has 8 nitrogen and oxygen atoms in total. The van der Waals surface area contributed by atoms with Gasteiger partial charge >= 0.3 is 0 Å². The van der Waals surface area contributed by atoms with Crippen LogP contribution in [0.2, 0.25) is 0 Å². The Morgan fingerprint density at radius 1 is 1.09 bits per heavy atom. The third-order valence-electron chi connectivity index (χ3n) is 6.41. The van der Waals surface area contributed by atoms with Crippen molar-refractivity contribution in [3.8, 4) is 22.8 Å². The summed E-state index contributed by atoms with van der Waals surface area (Å²) in [6.45, 7) is 3.85. The second-order valence-electron chi connectivity index (χ2n) is 8.38. The van der Waals surface area contributed by atoms with Gasteiger partial charge in [-0.2, -0.15) is 5.10 Å². The maximum Gasteiger partial charge on any atom is 0.277 e. The van der Waals surface area contributed by atoms with Gasteiger partial charge in [0.15, 0.2) is 5.52 Å². The van der Waals surface area contributed by atoms with Crippen LogP contribution in [-0.2, 0) is 0 Å². The van der Waals surface area contributed by atoms with Gasteiger partial charge in [0.05, 0.1) is 24.1 Å². The lowest BCUT2D eigenvalue weighted by molar-refractivity contribution is 0.415. The lowest BCUT2D eigenvalue weighted by Gasteiger charge is -2.33. The van der Waals surface area contributed by atoms with Crippen LogP contribution < -0.4 is 20.5 Å². The number of nitrogens with zero attached hydrogens (tertiary/aromatic N) is 4. The highest BCUT2D eigenvalue weighted by atomic mass is 16.5. The fraction of sp³-hybridized carbons (Fsp3) is 0.320. The Morgan fingerprint density at radius 2 is 1.85 bits per heavy atom. The molecular formula is C25H28N6O2. The van der Waals surface area contributed by atoms with Gasteiger partial charge in [0, 0.05) is 30.9 Å². The van der Waals surface area contributed by atoms with Crippen molar-refractivity contribution >= 4 is 16.7 Å². The lowest BCUT2D eigenvalue weighted by Crippen LogP contribution is -2.41. The van der Waals surface area contributed by atoms with Gasteiger partial charge in [-0.05, 0) is 51.1 Å². The topological polar surface area (TPSA) is 88.1 Å². The minimum absolute atomic E-state index is 0.236. The number of H-pyrrole nitrogens is 1. The average molecular weight is 445 g/mol. The first-order valence-corrected chi connectivity index (χ1v) is 11.2. The van der Waals surface area contributed by atoms with Gasteiger partial charge in [-0.15, -0.1) is 0 Å². The maximum atomic E-state index is 13.1. The maximum absolute atomic E-state index is 13.1. The van der Waals surface area contributed by atoms with E-state index >= 15 is 0 Å². The molecule has 0 aliphatic carbocycles. The monoisotopic (exact) mass is 444 g/mol. The fourth-order valence-corrected chi connectivity index (χ4v) is 4.55. The molecule has 0 saturated carbocycles. The molecule has 1 saturated heterocycles. The van der Waals surface area contributed by atoms with Crippen molar-refractivity contribution in [2.75, 3.05) is 32.1 Å². The molecule has 0 atom stereocenters. The van der Waals surface area contributed by atoms with E-state index < -0.39 is 0 Å². The van der Waals surface area contributed by atoms with Crippen molar-refractivity contribution in [3.63, 3.8) is 0 Å². The number of rotatable bonds is 5. The van der Waals surface area contributed by atoms with Crippen LogP contribution in [0.1, 0.15) is 18.5 Å². The van der Waals surface area contributed by atoms with Crippen LogP contribution >= 0.6 is 0 Å². The molecule has 3 heterocycles. The molecular weight excluding hydrogens is 416 g/mol. The summed E-state index contributed by atoms with van der Waals surface area (Å²) < 4.78 is 7.36. The second-order valence-corrected chi connectivity index (χ2v) is 8.38. The molecule has 2 N–H and O–H groups in total. The van der Waals surface area contributed by atoms with E-state index in [2.05, 4.69) is 26.4 Å². The van der Waals surface area contributed by atoms with E-state index in [0.717, 1.165) is 42.9 Å². The molecule has 5 rings (SSSR count). The molecule has 2 aromatic carbocycles. The van der Waals surface area contributed by atoms with E-state index in [-0.39, 0.29) is 5.56 Å². The number of aromatic nitrogens is 4. The fourth-order valence-electron chi connectivity index (χ4n) is 4.55. The van der Waals surface area contributed by atoms with Crippen molar-refractivity contribution in [3.05, 3.63) is 64.6 Å². The number of hydrogen-bond acceptors (Lipinski definition) is 6. The highest BCUT2D eigenvalue weighted by Gasteiger charge is 2.21. The van der Waals surface area contributed by atoms with Crippen molar-refractivity contribution in [2.24, 2.45) is 0 Å².